The van der Waals surface area contributed by atoms with Crippen molar-refractivity contribution in [2.45, 2.75) is 56.0 Å². The molecule has 3 aromatic rings. The third kappa shape index (κ3) is 3.82. The van der Waals surface area contributed by atoms with Crippen LogP contribution in [0, 0.1) is 11.7 Å². The summed E-state index contributed by atoms with van der Waals surface area (Å²) in [6, 6.07) is 15.6. The van der Waals surface area contributed by atoms with Gasteiger partial charge in [0.1, 0.15) is 11.2 Å². The van der Waals surface area contributed by atoms with Gasteiger partial charge in [-0.05, 0) is 72.9 Å². The van der Waals surface area contributed by atoms with E-state index in [0.29, 0.717) is 40.4 Å². The Morgan fingerprint density at radius 3 is 2.42 bits per heavy atom. The Labute approximate surface area is 241 Å². The lowest BCUT2D eigenvalue weighted by molar-refractivity contribution is -0.125. The van der Waals surface area contributed by atoms with Crippen LogP contribution in [0.15, 0.2) is 60.7 Å². The highest BCUT2D eigenvalue weighted by atomic mass is 35.5. The quantitative estimate of drug-likeness (QED) is 0.302. The van der Waals surface area contributed by atoms with E-state index in [-0.39, 0.29) is 28.2 Å². The SMILES string of the molecule is CC(C)C(=O)c1ccc(NC(=O)[C@@H]2NC3(CCC3)[C@@]3(C(=O)Nc4cc(Cl)ccc43)[C@H]2c2cccc(Cl)c2F)cc1. The van der Waals surface area contributed by atoms with Gasteiger partial charge in [-0.1, -0.05) is 55.2 Å². The van der Waals surface area contributed by atoms with E-state index >= 15 is 4.39 Å². The van der Waals surface area contributed by atoms with Crippen LogP contribution in [0.1, 0.15) is 60.5 Å². The van der Waals surface area contributed by atoms with Gasteiger partial charge in [-0.2, -0.15) is 0 Å². The number of rotatable bonds is 5. The summed E-state index contributed by atoms with van der Waals surface area (Å²) in [5.41, 5.74) is 0.437. The van der Waals surface area contributed by atoms with Gasteiger partial charge < -0.3 is 10.6 Å². The Morgan fingerprint density at radius 2 is 1.77 bits per heavy atom. The average molecular weight is 580 g/mol. The lowest BCUT2D eigenvalue weighted by Crippen LogP contribution is -2.63. The highest BCUT2D eigenvalue weighted by Crippen LogP contribution is 2.64. The zero-order valence-electron chi connectivity index (χ0n) is 22.0. The van der Waals surface area contributed by atoms with Crippen molar-refractivity contribution in [3.63, 3.8) is 0 Å². The number of hydrogen-bond acceptors (Lipinski definition) is 4. The monoisotopic (exact) mass is 579 g/mol. The predicted octanol–water partition coefficient (Wildman–Crippen LogP) is 6.48. The molecule has 6 rings (SSSR count). The van der Waals surface area contributed by atoms with Crippen molar-refractivity contribution in [2.24, 2.45) is 5.92 Å². The van der Waals surface area contributed by atoms with Crippen molar-refractivity contribution in [3.8, 4) is 0 Å². The summed E-state index contributed by atoms with van der Waals surface area (Å²) in [4.78, 5) is 40.5. The number of Topliss-reactive ketones (excluding diaryl/α,β-unsaturated/α-hetero) is 1. The maximum atomic E-state index is 15.8. The van der Waals surface area contributed by atoms with Gasteiger partial charge in [0.15, 0.2) is 5.78 Å². The molecule has 3 N–H and O–H groups in total. The first-order valence-corrected chi connectivity index (χ1v) is 14.1. The fraction of sp³-hybridized carbons (Fsp3) is 0.323. The van der Waals surface area contributed by atoms with Gasteiger partial charge >= 0.3 is 0 Å². The van der Waals surface area contributed by atoms with Crippen LogP contribution in [-0.4, -0.2) is 29.2 Å². The average Bonchev–Trinajstić information content (AvgIpc) is 3.38. The molecule has 0 radical (unpaired) electrons. The lowest BCUT2D eigenvalue weighted by Gasteiger charge is -2.50. The van der Waals surface area contributed by atoms with E-state index in [0.717, 1.165) is 6.42 Å². The Hall–Kier alpha value is -3.26. The van der Waals surface area contributed by atoms with E-state index in [9.17, 15) is 14.4 Å². The van der Waals surface area contributed by atoms with Gasteiger partial charge in [0.25, 0.3) is 0 Å². The van der Waals surface area contributed by atoms with E-state index in [1.165, 1.54) is 6.07 Å². The maximum Gasteiger partial charge on any atom is 0.242 e. The van der Waals surface area contributed by atoms with E-state index in [2.05, 4.69) is 16.0 Å². The molecule has 3 aromatic carbocycles. The second-order valence-electron chi connectivity index (χ2n) is 11.2. The van der Waals surface area contributed by atoms with Crippen LogP contribution in [0.2, 0.25) is 10.0 Å². The van der Waals surface area contributed by atoms with Crippen molar-refractivity contribution >= 4 is 52.2 Å². The predicted molar refractivity (Wildman–Crippen MR) is 154 cm³/mol. The molecule has 3 atom stereocenters. The Bertz CT molecular complexity index is 1550. The molecule has 3 aliphatic rings. The van der Waals surface area contributed by atoms with E-state index < -0.39 is 34.6 Å². The normalized spacial score (nSPS) is 24.2. The number of carbonyl (C=O) groups excluding carboxylic acids is 3. The molecule has 0 unspecified atom stereocenters. The summed E-state index contributed by atoms with van der Waals surface area (Å²) in [5, 5.41) is 9.81. The summed E-state index contributed by atoms with van der Waals surface area (Å²) in [7, 11) is 0. The summed E-state index contributed by atoms with van der Waals surface area (Å²) in [5.74, 6) is -2.42. The minimum Gasteiger partial charge on any atom is -0.325 e. The summed E-state index contributed by atoms with van der Waals surface area (Å²) >= 11 is 12.5. The smallest absolute Gasteiger partial charge is 0.242 e. The largest absolute Gasteiger partial charge is 0.325 e. The number of halogens is 3. The molecule has 1 saturated carbocycles. The Morgan fingerprint density at radius 1 is 1.05 bits per heavy atom. The van der Waals surface area contributed by atoms with Gasteiger partial charge in [-0.3, -0.25) is 19.7 Å². The third-order valence-electron chi connectivity index (χ3n) is 8.77. The van der Waals surface area contributed by atoms with Gasteiger partial charge in [-0.25, -0.2) is 4.39 Å². The molecule has 6 nitrogen and oxygen atoms in total. The molecule has 1 aliphatic carbocycles. The minimum absolute atomic E-state index is 0.00622. The topological polar surface area (TPSA) is 87.3 Å². The van der Waals surface area contributed by atoms with Crippen LogP contribution in [0.25, 0.3) is 0 Å². The number of nitrogens with one attached hydrogen (secondary N) is 3. The highest BCUT2D eigenvalue weighted by molar-refractivity contribution is 6.31. The molecular formula is C31H28Cl2FN3O3. The molecule has 40 heavy (non-hydrogen) atoms. The number of benzene rings is 3. The van der Waals surface area contributed by atoms with Crippen molar-refractivity contribution in [1.82, 2.24) is 5.32 Å². The van der Waals surface area contributed by atoms with Gasteiger partial charge in [-0.15, -0.1) is 0 Å². The van der Waals surface area contributed by atoms with E-state index in [4.69, 9.17) is 23.2 Å². The van der Waals surface area contributed by atoms with Gasteiger partial charge in [0, 0.05) is 39.3 Å². The fourth-order valence-electron chi connectivity index (χ4n) is 6.86. The van der Waals surface area contributed by atoms with Crippen LogP contribution in [0.4, 0.5) is 15.8 Å². The molecule has 206 valence electrons. The van der Waals surface area contributed by atoms with Gasteiger partial charge in [0.2, 0.25) is 11.8 Å². The molecule has 0 aromatic heterocycles. The molecular weight excluding hydrogens is 552 g/mol. The molecule has 1 saturated heterocycles. The molecule has 0 bridgehead atoms. The van der Waals surface area contributed by atoms with Crippen molar-refractivity contribution in [1.29, 1.82) is 0 Å². The van der Waals surface area contributed by atoms with Crippen LogP contribution in [0.5, 0.6) is 0 Å². The zero-order chi connectivity index (χ0) is 28.4. The fourth-order valence-corrected chi connectivity index (χ4v) is 7.22. The molecule has 2 spiro atoms. The second-order valence-corrected chi connectivity index (χ2v) is 12.1. The number of ketones is 1. The molecule has 2 fully saturated rings. The zero-order valence-corrected chi connectivity index (χ0v) is 23.5. The second kappa shape index (κ2) is 9.68. The number of anilines is 2. The van der Waals surface area contributed by atoms with Crippen molar-refractivity contribution < 1.29 is 18.8 Å². The maximum absolute atomic E-state index is 15.8. The third-order valence-corrected chi connectivity index (χ3v) is 9.29. The van der Waals surface area contributed by atoms with Crippen molar-refractivity contribution in [3.05, 3.63) is 93.2 Å². The molecule has 2 heterocycles. The molecule has 2 amide bonds. The minimum atomic E-state index is -1.27. The summed E-state index contributed by atoms with van der Waals surface area (Å²) in [6.45, 7) is 3.66. The van der Waals surface area contributed by atoms with E-state index in [1.54, 1.807) is 54.6 Å². The number of hydrogen-bond donors (Lipinski definition) is 3. The Balaban J connectivity index is 1.47. The summed E-state index contributed by atoms with van der Waals surface area (Å²) < 4.78 is 15.8. The first-order valence-electron chi connectivity index (χ1n) is 13.4. The standard InChI is InChI=1S/C31H28Cl2FN3O3/c1-16(2)27(38)17-7-10-19(11-8-17)35-28(39)26-24(20-5-3-6-22(33)25(20)34)31(30(37-26)13-4-14-30)21-12-9-18(32)15-23(21)36-29(31)40/h3,5-12,15-16,24,26,37H,4,13-14H2,1-2H3,(H,35,39)(H,36,40)/t24-,26+,31+/m0/s1. The number of amides is 2. The highest BCUT2D eigenvalue weighted by Gasteiger charge is 2.74. The van der Waals surface area contributed by atoms with Gasteiger partial charge in [0.05, 0.1) is 11.1 Å². The molecule has 2 aliphatic heterocycles. The van der Waals surface area contributed by atoms with Crippen molar-refractivity contribution in [2.75, 3.05) is 10.6 Å². The first kappa shape index (κ1) is 26.9. The molecule has 9 heteroatoms. The van der Waals surface area contributed by atoms with Crippen LogP contribution < -0.4 is 16.0 Å². The van der Waals surface area contributed by atoms with Crippen LogP contribution in [0.3, 0.4) is 0 Å². The number of carbonyl (C=O) groups is 3. The van der Waals surface area contributed by atoms with Crippen LogP contribution >= 0.6 is 23.2 Å². The Kier molecular flexibility index (Phi) is 6.52. The first-order chi connectivity index (χ1) is 19.1. The van der Waals surface area contributed by atoms with E-state index in [1.807, 2.05) is 13.8 Å². The lowest BCUT2D eigenvalue weighted by atomic mass is 9.53. The summed E-state index contributed by atoms with van der Waals surface area (Å²) in [6.07, 6.45) is 2.13. The van der Waals surface area contributed by atoms with Crippen LogP contribution in [-0.2, 0) is 15.0 Å². The number of fused-ring (bicyclic) bond motifs is 3.